The van der Waals surface area contributed by atoms with Gasteiger partial charge in [-0.3, -0.25) is 9.36 Å². The van der Waals surface area contributed by atoms with Gasteiger partial charge in [0.15, 0.2) is 11.3 Å². The summed E-state index contributed by atoms with van der Waals surface area (Å²) in [6.45, 7) is -0.482. The number of fused-ring (bicyclic) bond motifs is 1. The van der Waals surface area contributed by atoms with E-state index in [0.29, 0.717) is 10.1 Å². The molecular formula is C20H17F6N5O2. The third kappa shape index (κ3) is 4.57. The predicted molar refractivity (Wildman–Crippen MR) is 103 cm³/mol. The lowest BCUT2D eigenvalue weighted by Crippen LogP contribution is -2.54. The van der Waals surface area contributed by atoms with Gasteiger partial charge in [0.05, 0.1) is 5.92 Å². The van der Waals surface area contributed by atoms with Crippen molar-refractivity contribution in [2.75, 3.05) is 13.1 Å². The second-order valence-electron chi connectivity index (χ2n) is 7.98. The van der Waals surface area contributed by atoms with Gasteiger partial charge in [0.2, 0.25) is 0 Å². The van der Waals surface area contributed by atoms with E-state index < -0.39 is 36.2 Å². The molecule has 0 saturated carbocycles. The van der Waals surface area contributed by atoms with Crippen LogP contribution in [0.25, 0.3) is 22.4 Å². The monoisotopic (exact) mass is 473 g/mol. The van der Waals surface area contributed by atoms with Crippen molar-refractivity contribution >= 4 is 17.1 Å². The van der Waals surface area contributed by atoms with Crippen LogP contribution in [0.5, 0.6) is 5.75 Å². The van der Waals surface area contributed by atoms with E-state index in [2.05, 4.69) is 19.7 Å². The number of nitrogens with zero attached hydrogens (tertiary/aromatic N) is 5. The highest BCUT2D eigenvalue weighted by molar-refractivity contribution is 5.88. The standard InChI is InChI=1S/C20H17F6N5O2/c1-19(2,23)17(32)30-7-11(8-30)15-28-13(14-16(29-15)31(9-27-14)18(21)22)10-3-5-12(6-4-10)33-20(24,25)26/h3-6,9,11,18H,7-8H2,1-2H3. The van der Waals surface area contributed by atoms with E-state index in [4.69, 9.17) is 0 Å². The SMILES string of the molecule is CC(C)(F)C(=O)N1CC(c2nc(-c3ccc(OC(F)(F)F)cc3)c3ncn(C(F)F)c3n2)C1. The number of rotatable bonds is 5. The minimum absolute atomic E-state index is 0.0284. The van der Waals surface area contributed by atoms with Crippen LogP contribution in [-0.2, 0) is 4.79 Å². The molecule has 7 nitrogen and oxygen atoms in total. The highest BCUT2D eigenvalue weighted by atomic mass is 19.4. The number of ether oxygens (including phenoxy) is 1. The first kappa shape index (κ1) is 22.8. The van der Waals surface area contributed by atoms with Gasteiger partial charge in [-0.25, -0.2) is 19.3 Å². The lowest BCUT2D eigenvalue weighted by Gasteiger charge is -2.40. The number of carbonyl (C=O) groups is 1. The Labute approximate surface area is 183 Å². The number of hydrogen-bond acceptors (Lipinski definition) is 5. The minimum atomic E-state index is -4.87. The molecule has 0 unspecified atom stereocenters. The van der Waals surface area contributed by atoms with Gasteiger partial charge in [0.25, 0.3) is 5.91 Å². The molecule has 0 aliphatic carbocycles. The summed E-state index contributed by atoms with van der Waals surface area (Å²) in [5.74, 6) is -1.47. The fourth-order valence-electron chi connectivity index (χ4n) is 3.46. The lowest BCUT2D eigenvalue weighted by atomic mass is 9.96. The van der Waals surface area contributed by atoms with Gasteiger partial charge in [-0.2, -0.15) is 8.78 Å². The van der Waals surface area contributed by atoms with E-state index >= 15 is 0 Å². The summed E-state index contributed by atoms with van der Waals surface area (Å²) in [6.07, 6.45) is -3.98. The summed E-state index contributed by atoms with van der Waals surface area (Å²) < 4.78 is 82.5. The summed E-state index contributed by atoms with van der Waals surface area (Å²) in [4.78, 5) is 25.9. The van der Waals surface area contributed by atoms with Crippen LogP contribution in [0.3, 0.4) is 0 Å². The Morgan fingerprint density at radius 1 is 1.09 bits per heavy atom. The zero-order valence-electron chi connectivity index (χ0n) is 17.3. The van der Waals surface area contributed by atoms with E-state index in [1.54, 1.807) is 0 Å². The first-order valence-corrected chi connectivity index (χ1v) is 9.70. The maximum absolute atomic E-state index is 13.9. The summed E-state index contributed by atoms with van der Waals surface area (Å²) in [5.41, 5.74) is -1.77. The fraction of sp³-hybridized carbons (Fsp3) is 0.400. The first-order valence-electron chi connectivity index (χ1n) is 9.70. The van der Waals surface area contributed by atoms with Crippen LogP contribution in [0.4, 0.5) is 26.3 Å². The van der Waals surface area contributed by atoms with Gasteiger partial charge in [0.1, 0.15) is 29.1 Å². The zero-order chi connectivity index (χ0) is 24.1. The van der Waals surface area contributed by atoms with Crippen LogP contribution in [0.2, 0.25) is 0 Å². The van der Waals surface area contributed by atoms with Crippen molar-refractivity contribution in [3.05, 3.63) is 36.4 Å². The number of alkyl halides is 6. The van der Waals surface area contributed by atoms with Gasteiger partial charge < -0.3 is 9.64 Å². The van der Waals surface area contributed by atoms with Crippen molar-refractivity contribution in [1.29, 1.82) is 0 Å². The number of amides is 1. The highest BCUT2D eigenvalue weighted by Gasteiger charge is 2.41. The normalized spacial score (nSPS) is 15.2. The molecule has 1 aliphatic heterocycles. The summed E-state index contributed by atoms with van der Waals surface area (Å²) in [7, 11) is 0. The number of hydrogen-bond donors (Lipinski definition) is 0. The number of benzene rings is 1. The number of imidazole rings is 1. The molecule has 4 rings (SSSR count). The van der Waals surface area contributed by atoms with Crippen LogP contribution in [0.15, 0.2) is 30.6 Å². The topological polar surface area (TPSA) is 73.1 Å². The number of aromatic nitrogens is 4. The number of halogens is 6. The molecule has 1 saturated heterocycles. The maximum Gasteiger partial charge on any atom is 0.573 e. The molecular weight excluding hydrogens is 456 g/mol. The molecule has 0 N–H and O–H groups in total. The molecule has 0 spiro atoms. The lowest BCUT2D eigenvalue weighted by molar-refractivity contribution is -0.274. The molecule has 0 bridgehead atoms. The van der Waals surface area contributed by atoms with Gasteiger partial charge in [-0.1, -0.05) is 0 Å². The minimum Gasteiger partial charge on any atom is -0.406 e. The fourth-order valence-corrected chi connectivity index (χ4v) is 3.46. The Morgan fingerprint density at radius 2 is 1.73 bits per heavy atom. The van der Waals surface area contributed by atoms with E-state index in [0.717, 1.165) is 32.3 Å². The predicted octanol–water partition coefficient (Wildman–Crippen LogP) is 4.46. The van der Waals surface area contributed by atoms with Crippen LogP contribution >= 0.6 is 0 Å². The van der Waals surface area contributed by atoms with E-state index in [9.17, 15) is 31.1 Å². The van der Waals surface area contributed by atoms with E-state index in [1.165, 1.54) is 17.0 Å². The van der Waals surface area contributed by atoms with Crippen LogP contribution in [-0.4, -0.2) is 55.4 Å². The van der Waals surface area contributed by atoms with Crippen molar-refractivity contribution in [1.82, 2.24) is 24.4 Å². The third-order valence-electron chi connectivity index (χ3n) is 5.05. The van der Waals surface area contributed by atoms with Crippen molar-refractivity contribution in [3.8, 4) is 17.0 Å². The van der Waals surface area contributed by atoms with Gasteiger partial charge in [-0.05, 0) is 38.1 Å². The number of likely N-dealkylation sites (tertiary alicyclic amines) is 1. The molecule has 1 fully saturated rings. The average molecular weight is 473 g/mol. The van der Waals surface area contributed by atoms with Gasteiger partial charge >= 0.3 is 12.9 Å². The first-order chi connectivity index (χ1) is 15.3. The summed E-state index contributed by atoms with van der Waals surface area (Å²) in [5, 5.41) is 0. The second kappa shape index (κ2) is 7.89. The molecule has 1 aliphatic rings. The Hall–Kier alpha value is -3.38. The molecule has 1 amide bonds. The molecule has 3 heterocycles. The smallest absolute Gasteiger partial charge is 0.406 e. The van der Waals surface area contributed by atoms with E-state index in [1.807, 2.05) is 0 Å². The van der Waals surface area contributed by atoms with Crippen molar-refractivity contribution in [2.45, 2.75) is 38.3 Å². The Balaban J connectivity index is 1.70. The average Bonchev–Trinajstić information content (AvgIpc) is 3.09. The third-order valence-corrected chi connectivity index (χ3v) is 5.05. The Morgan fingerprint density at radius 3 is 2.27 bits per heavy atom. The Bertz CT molecular complexity index is 1180. The zero-order valence-corrected chi connectivity index (χ0v) is 17.3. The summed E-state index contributed by atoms with van der Waals surface area (Å²) >= 11 is 0. The molecule has 0 atom stereocenters. The van der Waals surface area contributed by atoms with Crippen LogP contribution in [0.1, 0.15) is 32.1 Å². The highest BCUT2D eigenvalue weighted by Crippen LogP contribution is 2.34. The maximum atomic E-state index is 13.9. The molecule has 0 radical (unpaired) electrons. The van der Waals surface area contributed by atoms with Crippen LogP contribution < -0.4 is 4.74 Å². The van der Waals surface area contributed by atoms with Gasteiger partial charge in [0, 0.05) is 18.7 Å². The largest absolute Gasteiger partial charge is 0.573 e. The van der Waals surface area contributed by atoms with Gasteiger partial charge in [-0.15, -0.1) is 13.2 Å². The Kier molecular flexibility index (Phi) is 5.45. The van der Waals surface area contributed by atoms with Crippen molar-refractivity contribution < 1.29 is 35.9 Å². The quantitative estimate of drug-likeness (QED) is 0.512. The van der Waals surface area contributed by atoms with E-state index in [-0.39, 0.29) is 35.8 Å². The number of carbonyl (C=O) groups excluding carboxylic acids is 1. The van der Waals surface area contributed by atoms with Crippen molar-refractivity contribution in [3.63, 3.8) is 0 Å². The molecule has 176 valence electrons. The second-order valence-corrected chi connectivity index (χ2v) is 7.98. The van der Waals surface area contributed by atoms with Crippen LogP contribution in [0, 0.1) is 0 Å². The molecule has 13 heteroatoms. The summed E-state index contributed by atoms with van der Waals surface area (Å²) in [6, 6.07) is 4.70. The molecule has 1 aromatic carbocycles. The van der Waals surface area contributed by atoms with Crippen molar-refractivity contribution in [2.24, 2.45) is 0 Å². The molecule has 3 aromatic rings. The molecule has 2 aromatic heterocycles. The molecule has 33 heavy (non-hydrogen) atoms.